The number of para-hydroxylation sites is 2. The lowest BCUT2D eigenvalue weighted by atomic mass is 9.95. The van der Waals surface area contributed by atoms with Crippen LogP contribution in [0.4, 0.5) is 11.4 Å². The number of nitrogens with one attached hydrogen (secondary N) is 2. The topological polar surface area (TPSA) is 100 Å². The first kappa shape index (κ1) is 21.3. The molecule has 2 heterocycles. The van der Waals surface area contributed by atoms with E-state index in [-0.39, 0.29) is 17.5 Å². The number of carbonyl (C=O) groups excluding carboxylic acids is 2. The average Bonchev–Trinajstić information content (AvgIpc) is 3.04. The molecule has 164 valence electrons. The molecule has 4 N–H and O–H groups in total. The van der Waals surface area contributed by atoms with Gasteiger partial charge in [-0.15, -0.1) is 0 Å². The number of nitrogen functional groups attached to an aromatic ring is 1. The second kappa shape index (κ2) is 9.92. The van der Waals surface area contributed by atoms with E-state index in [0.717, 1.165) is 13.0 Å². The molecule has 0 spiro atoms. The zero-order valence-electron chi connectivity index (χ0n) is 17.8. The fourth-order valence-corrected chi connectivity index (χ4v) is 4.52. The van der Waals surface area contributed by atoms with E-state index in [1.807, 2.05) is 0 Å². The second-order valence-electron chi connectivity index (χ2n) is 8.51. The molecule has 2 aliphatic rings. The summed E-state index contributed by atoms with van der Waals surface area (Å²) in [4.78, 5) is 31.7. The van der Waals surface area contributed by atoms with Crippen LogP contribution in [-0.2, 0) is 0 Å². The molecule has 31 heavy (non-hydrogen) atoms. The van der Waals surface area contributed by atoms with Crippen molar-refractivity contribution in [3.8, 4) is 0 Å². The van der Waals surface area contributed by atoms with Crippen molar-refractivity contribution in [2.24, 2.45) is 0 Å². The summed E-state index contributed by atoms with van der Waals surface area (Å²) in [6.45, 7) is 1.80. The Bertz CT molecular complexity index is 906. The first-order valence-electron chi connectivity index (χ1n) is 11.3. The van der Waals surface area contributed by atoms with E-state index in [2.05, 4.69) is 20.5 Å². The number of aromatic nitrogens is 1. The zero-order valence-corrected chi connectivity index (χ0v) is 17.8. The van der Waals surface area contributed by atoms with Gasteiger partial charge in [-0.25, -0.2) is 0 Å². The molecule has 1 aromatic carbocycles. The van der Waals surface area contributed by atoms with Gasteiger partial charge in [0.05, 0.1) is 16.9 Å². The number of nitrogens with zero attached hydrogens (tertiary/aromatic N) is 2. The molecule has 2 aromatic rings. The van der Waals surface area contributed by atoms with E-state index in [1.54, 1.807) is 36.4 Å². The Balaban J connectivity index is 1.28. The van der Waals surface area contributed by atoms with Gasteiger partial charge in [0, 0.05) is 31.4 Å². The molecule has 0 bridgehead atoms. The Hall–Kier alpha value is -2.93. The molecule has 7 heteroatoms. The van der Waals surface area contributed by atoms with E-state index < -0.39 is 0 Å². The van der Waals surface area contributed by atoms with Gasteiger partial charge >= 0.3 is 0 Å². The predicted octanol–water partition coefficient (Wildman–Crippen LogP) is 3.44. The number of hydrogen-bond acceptors (Lipinski definition) is 5. The first-order chi connectivity index (χ1) is 15.1. The largest absolute Gasteiger partial charge is 0.397 e. The highest BCUT2D eigenvalue weighted by molar-refractivity contribution is 6.04. The molecular weight excluding hydrogens is 390 g/mol. The average molecular weight is 422 g/mol. The summed E-state index contributed by atoms with van der Waals surface area (Å²) >= 11 is 0. The maximum absolute atomic E-state index is 12.6. The third-order valence-electron chi connectivity index (χ3n) is 6.45. The number of benzene rings is 1. The van der Waals surface area contributed by atoms with Gasteiger partial charge in [0.1, 0.15) is 5.69 Å². The summed E-state index contributed by atoms with van der Waals surface area (Å²) in [5.41, 5.74) is 7.57. The molecule has 1 saturated heterocycles. The van der Waals surface area contributed by atoms with Crippen LogP contribution in [-0.4, -0.2) is 46.9 Å². The molecular formula is C24H31N5O2. The lowest BCUT2D eigenvalue weighted by molar-refractivity contribution is 0.0334. The maximum atomic E-state index is 12.6. The number of nitrogens with two attached hydrogens (primary N) is 1. The smallest absolute Gasteiger partial charge is 0.274 e. The van der Waals surface area contributed by atoms with Crippen LogP contribution in [0.5, 0.6) is 0 Å². The molecule has 1 aliphatic heterocycles. The van der Waals surface area contributed by atoms with E-state index >= 15 is 0 Å². The maximum Gasteiger partial charge on any atom is 0.274 e. The first-order valence-corrected chi connectivity index (χ1v) is 11.3. The van der Waals surface area contributed by atoms with Crippen LogP contribution in [0.15, 0.2) is 42.6 Å². The van der Waals surface area contributed by atoms with Crippen molar-refractivity contribution in [3.63, 3.8) is 0 Å². The van der Waals surface area contributed by atoms with Gasteiger partial charge in [0.15, 0.2) is 0 Å². The van der Waals surface area contributed by atoms with Gasteiger partial charge in [-0.05, 0) is 43.5 Å². The Morgan fingerprint density at radius 3 is 2.42 bits per heavy atom. The number of anilines is 2. The fourth-order valence-electron chi connectivity index (χ4n) is 4.52. The summed E-state index contributed by atoms with van der Waals surface area (Å²) in [6.07, 6.45) is 10.5. The van der Waals surface area contributed by atoms with E-state index in [4.69, 9.17) is 5.73 Å². The summed E-state index contributed by atoms with van der Waals surface area (Å²) in [7, 11) is 0. The predicted molar refractivity (Wildman–Crippen MR) is 122 cm³/mol. The molecule has 1 aromatic heterocycles. The van der Waals surface area contributed by atoms with Gasteiger partial charge in [-0.2, -0.15) is 0 Å². The molecule has 1 aliphatic carbocycles. The molecule has 1 saturated carbocycles. The third kappa shape index (κ3) is 5.22. The molecule has 2 fully saturated rings. The Kier molecular flexibility index (Phi) is 6.82. The van der Waals surface area contributed by atoms with Gasteiger partial charge in [0.2, 0.25) is 0 Å². The van der Waals surface area contributed by atoms with Crippen LogP contribution >= 0.6 is 0 Å². The monoisotopic (exact) mass is 421 g/mol. The van der Waals surface area contributed by atoms with E-state index in [9.17, 15) is 9.59 Å². The Morgan fingerprint density at radius 1 is 1.00 bits per heavy atom. The van der Waals surface area contributed by atoms with E-state index in [0.29, 0.717) is 35.6 Å². The minimum atomic E-state index is -0.363. The molecule has 1 unspecified atom stereocenters. The van der Waals surface area contributed by atoms with Crippen molar-refractivity contribution in [1.29, 1.82) is 0 Å². The number of likely N-dealkylation sites (tertiary alicyclic amines) is 1. The minimum Gasteiger partial charge on any atom is -0.397 e. The third-order valence-corrected chi connectivity index (χ3v) is 6.45. The molecule has 2 amide bonds. The zero-order chi connectivity index (χ0) is 21.6. The number of pyridine rings is 1. The van der Waals surface area contributed by atoms with Gasteiger partial charge in [-0.3, -0.25) is 19.5 Å². The van der Waals surface area contributed by atoms with Crippen molar-refractivity contribution >= 4 is 23.2 Å². The number of amides is 2. The normalized spacial score (nSPS) is 19.8. The van der Waals surface area contributed by atoms with Crippen molar-refractivity contribution in [3.05, 3.63) is 53.9 Å². The van der Waals surface area contributed by atoms with Crippen molar-refractivity contribution < 1.29 is 9.59 Å². The second-order valence-corrected chi connectivity index (χ2v) is 8.51. The van der Waals surface area contributed by atoms with Crippen molar-refractivity contribution in [2.75, 3.05) is 24.1 Å². The Morgan fingerprint density at radius 2 is 1.77 bits per heavy atom. The van der Waals surface area contributed by atoms with Crippen LogP contribution in [0.25, 0.3) is 0 Å². The van der Waals surface area contributed by atoms with Crippen molar-refractivity contribution in [1.82, 2.24) is 15.2 Å². The number of carbonyl (C=O) groups is 2. The SMILES string of the molecule is Nc1ccccc1NC(=O)c1ccc(C(=O)NCC2CCN2C2CCCCCC2)cn1. The lowest BCUT2D eigenvalue weighted by Crippen LogP contribution is -2.57. The summed E-state index contributed by atoms with van der Waals surface area (Å²) in [5.74, 6) is -0.516. The molecule has 0 radical (unpaired) electrons. The summed E-state index contributed by atoms with van der Waals surface area (Å²) in [5, 5.41) is 5.78. The minimum absolute atomic E-state index is 0.153. The van der Waals surface area contributed by atoms with E-state index in [1.165, 1.54) is 44.7 Å². The van der Waals surface area contributed by atoms with Gasteiger partial charge in [-0.1, -0.05) is 37.8 Å². The number of rotatable bonds is 6. The van der Waals surface area contributed by atoms with Gasteiger partial charge in [0.25, 0.3) is 11.8 Å². The fraction of sp³-hybridized carbons (Fsp3) is 0.458. The van der Waals surface area contributed by atoms with Gasteiger partial charge < -0.3 is 16.4 Å². The number of hydrogen-bond donors (Lipinski definition) is 3. The molecule has 1 atom stereocenters. The van der Waals surface area contributed by atoms with Crippen LogP contribution in [0, 0.1) is 0 Å². The molecule has 4 rings (SSSR count). The highest BCUT2D eigenvalue weighted by Gasteiger charge is 2.33. The van der Waals surface area contributed by atoms with Crippen LogP contribution in [0.1, 0.15) is 65.8 Å². The summed E-state index contributed by atoms with van der Waals surface area (Å²) < 4.78 is 0. The molecule has 7 nitrogen and oxygen atoms in total. The summed E-state index contributed by atoms with van der Waals surface area (Å²) in [6, 6.07) is 11.4. The van der Waals surface area contributed by atoms with Crippen molar-refractivity contribution in [2.45, 2.75) is 57.0 Å². The highest BCUT2D eigenvalue weighted by atomic mass is 16.2. The standard InChI is InChI=1S/C24H31N5O2/c25-20-9-5-6-10-21(20)28-24(31)22-12-11-17(15-26-22)23(30)27-16-19-13-14-29(19)18-7-3-1-2-4-8-18/h5-6,9-12,15,18-19H,1-4,7-8,13-14,16,25H2,(H,27,30)(H,28,31). The lowest BCUT2D eigenvalue weighted by Gasteiger charge is -2.46. The van der Waals surface area contributed by atoms with Crippen LogP contribution in [0.3, 0.4) is 0 Å². The quantitative estimate of drug-likeness (QED) is 0.490. The van der Waals surface area contributed by atoms with Crippen LogP contribution < -0.4 is 16.4 Å². The Labute approximate surface area is 183 Å². The van der Waals surface area contributed by atoms with Crippen LogP contribution in [0.2, 0.25) is 0 Å². The highest BCUT2D eigenvalue weighted by Crippen LogP contribution is 2.29.